The van der Waals surface area contributed by atoms with Crippen molar-refractivity contribution in [3.05, 3.63) is 70.8 Å². The van der Waals surface area contributed by atoms with Crippen LogP contribution in [0.1, 0.15) is 61.3 Å². The Bertz CT molecular complexity index is 836. The topological polar surface area (TPSA) is 49.4 Å². The van der Waals surface area contributed by atoms with Crippen LogP contribution in [0.15, 0.2) is 48.5 Å². The molecule has 0 unspecified atom stereocenters. The van der Waals surface area contributed by atoms with Crippen molar-refractivity contribution < 1.29 is 9.59 Å². The van der Waals surface area contributed by atoms with Gasteiger partial charge in [0, 0.05) is 19.0 Å². The van der Waals surface area contributed by atoms with E-state index in [2.05, 4.69) is 36.5 Å². The first-order chi connectivity index (χ1) is 14.4. The first-order valence-corrected chi connectivity index (χ1v) is 11.1. The van der Waals surface area contributed by atoms with Gasteiger partial charge in [-0.05, 0) is 51.2 Å². The van der Waals surface area contributed by atoms with E-state index in [1.807, 2.05) is 38.1 Å². The highest BCUT2D eigenvalue weighted by Gasteiger charge is 2.28. The summed E-state index contributed by atoms with van der Waals surface area (Å²) in [5.74, 6) is -0.0251. The molecule has 1 saturated carbocycles. The van der Waals surface area contributed by atoms with Crippen LogP contribution in [0.5, 0.6) is 0 Å². The Morgan fingerprint density at radius 1 is 0.933 bits per heavy atom. The number of hydrogen-bond acceptors (Lipinski definition) is 2. The molecule has 30 heavy (non-hydrogen) atoms. The van der Waals surface area contributed by atoms with Crippen LogP contribution in [0.2, 0.25) is 0 Å². The molecule has 1 aliphatic carbocycles. The molecule has 2 aromatic rings. The number of nitrogens with zero attached hydrogens (tertiary/aromatic N) is 1. The van der Waals surface area contributed by atoms with Crippen LogP contribution in [0.25, 0.3) is 0 Å². The summed E-state index contributed by atoms with van der Waals surface area (Å²) in [5.41, 5.74) is 4.59. The summed E-state index contributed by atoms with van der Waals surface area (Å²) < 4.78 is 0. The summed E-state index contributed by atoms with van der Waals surface area (Å²) in [5, 5.41) is 3.16. The highest BCUT2D eigenvalue weighted by Crippen LogP contribution is 2.19. The molecule has 0 saturated heterocycles. The lowest BCUT2D eigenvalue weighted by Gasteiger charge is -2.30. The van der Waals surface area contributed by atoms with E-state index in [1.165, 1.54) is 24.0 Å². The van der Waals surface area contributed by atoms with E-state index < -0.39 is 6.04 Å². The SMILES string of the molecule is Cc1ccc(CCC(=O)N(Cc2ccc(C)cc2)[C@H](C)C(=O)NC2CCCC2)cc1. The highest BCUT2D eigenvalue weighted by atomic mass is 16.2. The maximum atomic E-state index is 13.2. The monoisotopic (exact) mass is 406 g/mol. The highest BCUT2D eigenvalue weighted by molar-refractivity contribution is 5.87. The van der Waals surface area contributed by atoms with E-state index in [1.54, 1.807) is 4.90 Å². The predicted molar refractivity (Wildman–Crippen MR) is 121 cm³/mol. The third-order valence-electron chi connectivity index (χ3n) is 6.09. The quantitative estimate of drug-likeness (QED) is 0.690. The van der Waals surface area contributed by atoms with Crippen LogP contribution in [-0.4, -0.2) is 28.8 Å². The molecule has 0 bridgehead atoms. The first-order valence-electron chi connectivity index (χ1n) is 11.1. The van der Waals surface area contributed by atoms with Crippen molar-refractivity contribution in [3.63, 3.8) is 0 Å². The summed E-state index contributed by atoms with van der Waals surface area (Å²) >= 11 is 0. The molecular formula is C26H34N2O2. The first kappa shape index (κ1) is 22.1. The van der Waals surface area contributed by atoms with Gasteiger partial charge in [0.05, 0.1) is 0 Å². The lowest BCUT2D eigenvalue weighted by molar-refractivity contribution is -0.140. The van der Waals surface area contributed by atoms with Gasteiger partial charge in [-0.2, -0.15) is 0 Å². The maximum Gasteiger partial charge on any atom is 0.242 e. The van der Waals surface area contributed by atoms with Gasteiger partial charge >= 0.3 is 0 Å². The van der Waals surface area contributed by atoms with Gasteiger partial charge < -0.3 is 10.2 Å². The second kappa shape index (κ2) is 10.4. The third-order valence-corrected chi connectivity index (χ3v) is 6.09. The molecule has 0 heterocycles. The summed E-state index contributed by atoms with van der Waals surface area (Å²) in [4.78, 5) is 27.8. The fourth-order valence-corrected chi connectivity index (χ4v) is 4.01. The lowest BCUT2D eigenvalue weighted by atomic mass is 10.1. The van der Waals surface area contributed by atoms with Crippen LogP contribution in [0, 0.1) is 13.8 Å². The zero-order valence-electron chi connectivity index (χ0n) is 18.5. The van der Waals surface area contributed by atoms with Gasteiger partial charge in [0.25, 0.3) is 0 Å². The normalized spacial score (nSPS) is 15.0. The second-order valence-corrected chi connectivity index (χ2v) is 8.66. The zero-order chi connectivity index (χ0) is 21.5. The molecule has 3 rings (SSSR count). The van der Waals surface area contributed by atoms with E-state index in [9.17, 15) is 9.59 Å². The smallest absolute Gasteiger partial charge is 0.242 e. The molecule has 1 fully saturated rings. The minimum Gasteiger partial charge on any atom is -0.352 e. The zero-order valence-corrected chi connectivity index (χ0v) is 18.5. The Balaban J connectivity index is 1.69. The fraction of sp³-hybridized carbons (Fsp3) is 0.462. The fourth-order valence-electron chi connectivity index (χ4n) is 4.01. The van der Waals surface area contributed by atoms with Crippen molar-refractivity contribution in [2.45, 2.75) is 77.9 Å². The molecule has 0 radical (unpaired) electrons. The van der Waals surface area contributed by atoms with E-state index >= 15 is 0 Å². The molecule has 160 valence electrons. The van der Waals surface area contributed by atoms with Crippen molar-refractivity contribution in [2.75, 3.05) is 0 Å². The Morgan fingerprint density at radius 3 is 2.03 bits per heavy atom. The third kappa shape index (κ3) is 6.19. The molecule has 1 atom stereocenters. The number of hydrogen-bond donors (Lipinski definition) is 1. The van der Waals surface area contributed by atoms with E-state index in [0.29, 0.717) is 19.4 Å². The summed E-state index contributed by atoms with van der Waals surface area (Å²) in [6.45, 7) is 6.41. The summed E-state index contributed by atoms with van der Waals surface area (Å²) in [6.07, 6.45) is 5.50. The average molecular weight is 407 g/mol. The molecule has 0 aliphatic heterocycles. The van der Waals surface area contributed by atoms with Crippen LogP contribution >= 0.6 is 0 Å². The standard InChI is InChI=1S/C26H34N2O2/c1-19-8-12-22(13-9-19)16-17-25(29)28(18-23-14-10-20(2)11-15-23)21(3)26(30)27-24-6-4-5-7-24/h8-15,21,24H,4-7,16-18H2,1-3H3,(H,27,30)/t21-/m1/s1. The molecule has 2 amide bonds. The van der Waals surface area contributed by atoms with Crippen LogP contribution < -0.4 is 5.32 Å². The summed E-state index contributed by atoms with van der Waals surface area (Å²) in [7, 11) is 0. The Hall–Kier alpha value is -2.62. The second-order valence-electron chi connectivity index (χ2n) is 8.66. The van der Waals surface area contributed by atoms with Gasteiger partial charge in [0.2, 0.25) is 11.8 Å². The Labute approximate surface area is 180 Å². The van der Waals surface area contributed by atoms with Gasteiger partial charge in [-0.25, -0.2) is 0 Å². The molecular weight excluding hydrogens is 372 g/mol. The number of carbonyl (C=O) groups excluding carboxylic acids is 2. The molecule has 0 spiro atoms. The van der Waals surface area contributed by atoms with E-state index in [4.69, 9.17) is 0 Å². The van der Waals surface area contributed by atoms with Gasteiger partial charge in [0.1, 0.15) is 6.04 Å². The van der Waals surface area contributed by atoms with Crippen molar-refractivity contribution in [1.82, 2.24) is 10.2 Å². The van der Waals surface area contributed by atoms with Crippen molar-refractivity contribution in [2.24, 2.45) is 0 Å². The largest absolute Gasteiger partial charge is 0.352 e. The maximum absolute atomic E-state index is 13.2. The minimum absolute atomic E-state index is 0.0187. The molecule has 4 nitrogen and oxygen atoms in total. The Kier molecular flexibility index (Phi) is 7.67. The van der Waals surface area contributed by atoms with Gasteiger partial charge in [-0.1, -0.05) is 72.5 Å². The van der Waals surface area contributed by atoms with Crippen molar-refractivity contribution in [1.29, 1.82) is 0 Å². The molecule has 1 aliphatic rings. The number of nitrogens with one attached hydrogen (secondary N) is 1. The van der Waals surface area contributed by atoms with Gasteiger partial charge in [-0.15, -0.1) is 0 Å². The van der Waals surface area contributed by atoms with Crippen molar-refractivity contribution in [3.8, 4) is 0 Å². The van der Waals surface area contributed by atoms with Crippen LogP contribution in [-0.2, 0) is 22.6 Å². The van der Waals surface area contributed by atoms with Crippen LogP contribution in [0.4, 0.5) is 0 Å². The summed E-state index contributed by atoms with van der Waals surface area (Å²) in [6, 6.07) is 16.2. The number of rotatable bonds is 8. The number of amides is 2. The lowest BCUT2D eigenvalue weighted by Crippen LogP contribution is -2.49. The van der Waals surface area contributed by atoms with Crippen molar-refractivity contribution >= 4 is 11.8 Å². The molecule has 1 N–H and O–H groups in total. The predicted octanol–water partition coefficient (Wildman–Crippen LogP) is 4.71. The van der Waals surface area contributed by atoms with Gasteiger partial charge in [-0.3, -0.25) is 9.59 Å². The Morgan fingerprint density at radius 2 is 1.47 bits per heavy atom. The average Bonchev–Trinajstić information content (AvgIpc) is 3.25. The molecule has 4 heteroatoms. The van der Waals surface area contributed by atoms with E-state index in [-0.39, 0.29) is 17.9 Å². The molecule has 0 aromatic heterocycles. The molecule has 2 aromatic carbocycles. The number of benzene rings is 2. The number of carbonyl (C=O) groups is 2. The number of aryl methyl sites for hydroxylation is 3. The minimum atomic E-state index is -0.488. The van der Waals surface area contributed by atoms with Gasteiger partial charge in [0.15, 0.2) is 0 Å². The van der Waals surface area contributed by atoms with E-state index in [0.717, 1.165) is 24.0 Å². The van der Waals surface area contributed by atoms with Crippen LogP contribution in [0.3, 0.4) is 0 Å².